The largest absolute Gasteiger partial charge is 0.373 e. The molecule has 1 atom stereocenters. The average Bonchev–Trinajstić information content (AvgIpc) is 1.82. The lowest BCUT2D eigenvalue weighted by atomic mass is 10.1. The van der Waals surface area contributed by atoms with Gasteiger partial charge in [0, 0.05) is 0 Å². The molecule has 0 amide bonds. The Balaban J connectivity index is 0.000000640. The van der Waals surface area contributed by atoms with Crippen LogP contribution in [0.1, 0.15) is 33.6 Å². The minimum Gasteiger partial charge on any atom is -0.373 e. The van der Waals surface area contributed by atoms with Gasteiger partial charge in [-0.25, -0.2) is 0 Å². The van der Waals surface area contributed by atoms with Gasteiger partial charge in [-0.15, -0.1) is 0 Å². The van der Waals surface area contributed by atoms with Crippen molar-refractivity contribution in [1.82, 2.24) is 6.15 Å². The molecule has 9 heavy (non-hydrogen) atoms. The maximum atomic E-state index is 5.55. The van der Waals surface area contributed by atoms with E-state index in [1.165, 1.54) is 12.8 Å². The second-order valence-electron chi connectivity index (χ2n) is 3.23. The third-order valence-corrected chi connectivity index (χ3v) is 1.67. The van der Waals surface area contributed by atoms with Crippen LogP contribution in [0.4, 0.5) is 0 Å². The Kier molecular flexibility index (Phi) is 2.65. The highest BCUT2D eigenvalue weighted by Gasteiger charge is 2.28. The molecule has 0 bridgehead atoms. The van der Waals surface area contributed by atoms with Gasteiger partial charge in [-0.05, 0) is 33.6 Å². The van der Waals surface area contributed by atoms with E-state index >= 15 is 0 Å². The topological polar surface area (TPSA) is 44.2 Å². The summed E-state index contributed by atoms with van der Waals surface area (Å²) < 4.78 is 5.55. The molecular weight excluding hydrogens is 114 g/mol. The zero-order valence-corrected chi connectivity index (χ0v) is 6.61. The standard InChI is InChI=1S/C7H14O.H3N/c1-6-4-5-7(2,3)8-6;/h6H,4-5H2,1-3H3;1H3. The fourth-order valence-corrected chi connectivity index (χ4v) is 1.21. The van der Waals surface area contributed by atoms with E-state index in [4.69, 9.17) is 4.74 Å². The van der Waals surface area contributed by atoms with E-state index in [0.717, 1.165) is 0 Å². The summed E-state index contributed by atoms with van der Waals surface area (Å²) in [6.07, 6.45) is 2.94. The monoisotopic (exact) mass is 131 g/mol. The highest BCUT2D eigenvalue weighted by molar-refractivity contribution is 4.77. The molecule has 1 rings (SSSR count). The van der Waals surface area contributed by atoms with Gasteiger partial charge in [0.1, 0.15) is 0 Å². The van der Waals surface area contributed by atoms with Crippen molar-refractivity contribution in [2.24, 2.45) is 0 Å². The lowest BCUT2D eigenvalue weighted by molar-refractivity contribution is -0.00669. The number of hydrogen-bond donors (Lipinski definition) is 1. The zero-order valence-electron chi connectivity index (χ0n) is 6.61. The summed E-state index contributed by atoms with van der Waals surface area (Å²) in [4.78, 5) is 0. The third-order valence-electron chi connectivity index (χ3n) is 1.67. The van der Waals surface area contributed by atoms with E-state index in [1.54, 1.807) is 0 Å². The quantitative estimate of drug-likeness (QED) is 0.547. The SMILES string of the molecule is CC1CCC(C)(C)O1.N. The lowest BCUT2D eigenvalue weighted by Crippen LogP contribution is -2.18. The summed E-state index contributed by atoms with van der Waals surface area (Å²) >= 11 is 0. The minimum absolute atomic E-state index is 0. The van der Waals surface area contributed by atoms with E-state index in [1.807, 2.05) is 0 Å². The average molecular weight is 131 g/mol. The van der Waals surface area contributed by atoms with E-state index < -0.39 is 0 Å². The first-order valence-electron chi connectivity index (χ1n) is 3.28. The highest BCUT2D eigenvalue weighted by atomic mass is 16.5. The summed E-state index contributed by atoms with van der Waals surface area (Å²) in [6, 6.07) is 0. The number of ether oxygens (including phenoxy) is 1. The van der Waals surface area contributed by atoms with Crippen LogP contribution < -0.4 is 6.15 Å². The first-order chi connectivity index (χ1) is 3.60. The normalized spacial score (nSPS) is 31.7. The molecule has 1 heterocycles. The fourth-order valence-electron chi connectivity index (χ4n) is 1.21. The maximum absolute atomic E-state index is 5.55. The Morgan fingerprint density at radius 1 is 1.44 bits per heavy atom. The molecule has 0 saturated carbocycles. The van der Waals surface area contributed by atoms with Crippen LogP contribution in [0.3, 0.4) is 0 Å². The van der Waals surface area contributed by atoms with Crippen molar-refractivity contribution < 1.29 is 4.74 Å². The van der Waals surface area contributed by atoms with Crippen molar-refractivity contribution in [2.75, 3.05) is 0 Å². The number of hydrogen-bond acceptors (Lipinski definition) is 2. The van der Waals surface area contributed by atoms with Crippen LogP contribution in [-0.4, -0.2) is 11.7 Å². The van der Waals surface area contributed by atoms with E-state index in [2.05, 4.69) is 20.8 Å². The van der Waals surface area contributed by atoms with Crippen molar-refractivity contribution in [3.8, 4) is 0 Å². The predicted octanol–water partition coefficient (Wildman–Crippen LogP) is 2.13. The number of rotatable bonds is 0. The molecule has 56 valence electrons. The molecule has 0 aromatic rings. The van der Waals surface area contributed by atoms with Crippen molar-refractivity contribution in [3.05, 3.63) is 0 Å². The Hall–Kier alpha value is -0.0800. The molecule has 3 N–H and O–H groups in total. The molecule has 2 nitrogen and oxygen atoms in total. The van der Waals surface area contributed by atoms with Crippen LogP contribution in [-0.2, 0) is 4.74 Å². The van der Waals surface area contributed by atoms with Crippen molar-refractivity contribution in [1.29, 1.82) is 0 Å². The second-order valence-corrected chi connectivity index (χ2v) is 3.23. The first-order valence-corrected chi connectivity index (χ1v) is 3.28. The molecule has 1 aliphatic heterocycles. The molecule has 2 heteroatoms. The molecule has 0 aliphatic carbocycles. The van der Waals surface area contributed by atoms with Crippen LogP contribution >= 0.6 is 0 Å². The van der Waals surface area contributed by atoms with Gasteiger partial charge >= 0.3 is 0 Å². The molecule has 1 aliphatic rings. The van der Waals surface area contributed by atoms with Crippen LogP contribution in [0.5, 0.6) is 0 Å². The Labute approximate surface area is 57.2 Å². The van der Waals surface area contributed by atoms with Crippen LogP contribution in [0.15, 0.2) is 0 Å². The van der Waals surface area contributed by atoms with Crippen molar-refractivity contribution >= 4 is 0 Å². The molecule has 0 aromatic heterocycles. The zero-order chi connectivity index (χ0) is 6.20. The molecule has 0 spiro atoms. The Morgan fingerprint density at radius 3 is 2.11 bits per heavy atom. The molecule has 1 unspecified atom stereocenters. The van der Waals surface area contributed by atoms with Gasteiger partial charge < -0.3 is 10.9 Å². The third kappa shape index (κ3) is 2.33. The van der Waals surface area contributed by atoms with Gasteiger partial charge in [-0.2, -0.15) is 0 Å². The molecular formula is C7H17NO. The smallest absolute Gasteiger partial charge is 0.0631 e. The van der Waals surface area contributed by atoms with E-state index in [0.29, 0.717) is 6.10 Å². The van der Waals surface area contributed by atoms with Crippen LogP contribution in [0, 0.1) is 0 Å². The summed E-state index contributed by atoms with van der Waals surface area (Å²) in [6.45, 7) is 6.43. The van der Waals surface area contributed by atoms with Gasteiger partial charge in [0.05, 0.1) is 11.7 Å². The van der Waals surface area contributed by atoms with Crippen molar-refractivity contribution in [2.45, 2.75) is 45.3 Å². The van der Waals surface area contributed by atoms with E-state index in [9.17, 15) is 0 Å². The lowest BCUT2D eigenvalue weighted by Gasteiger charge is -2.16. The molecule has 1 saturated heterocycles. The highest BCUT2D eigenvalue weighted by Crippen LogP contribution is 2.28. The van der Waals surface area contributed by atoms with Gasteiger partial charge in [-0.3, -0.25) is 0 Å². The molecule has 0 aromatic carbocycles. The molecule has 0 radical (unpaired) electrons. The van der Waals surface area contributed by atoms with Crippen LogP contribution in [0.2, 0.25) is 0 Å². The maximum Gasteiger partial charge on any atom is 0.0631 e. The molecule has 1 fully saturated rings. The fraction of sp³-hybridized carbons (Fsp3) is 1.00. The Bertz CT molecular complexity index is 90.9. The second kappa shape index (κ2) is 2.67. The van der Waals surface area contributed by atoms with Crippen molar-refractivity contribution in [3.63, 3.8) is 0 Å². The summed E-state index contributed by atoms with van der Waals surface area (Å²) in [5, 5.41) is 0. The first kappa shape index (κ1) is 8.92. The Morgan fingerprint density at radius 2 is 2.00 bits per heavy atom. The summed E-state index contributed by atoms with van der Waals surface area (Å²) in [5.41, 5.74) is 0.166. The van der Waals surface area contributed by atoms with Crippen LogP contribution in [0.25, 0.3) is 0 Å². The van der Waals surface area contributed by atoms with Gasteiger partial charge in [-0.1, -0.05) is 0 Å². The summed E-state index contributed by atoms with van der Waals surface area (Å²) in [7, 11) is 0. The predicted molar refractivity (Wildman–Crippen MR) is 38.9 cm³/mol. The van der Waals surface area contributed by atoms with Gasteiger partial charge in [0.15, 0.2) is 0 Å². The minimum atomic E-state index is 0. The van der Waals surface area contributed by atoms with E-state index in [-0.39, 0.29) is 11.8 Å². The summed E-state index contributed by atoms with van der Waals surface area (Å²) in [5.74, 6) is 0. The van der Waals surface area contributed by atoms with Gasteiger partial charge in [0.25, 0.3) is 0 Å². The van der Waals surface area contributed by atoms with Gasteiger partial charge in [0.2, 0.25) is 0 Å².